The molecular weight excluding hydrogens is 354 g/mol. The molecule has 6 heteroatoms. The number of amides is 2. The van der Waals surface area contributed by atoms with Gasteiger partial charge in [0.15, 0.2) is 0 Å². The quantitative estimate of drug-likeness (QED) is 0.799. The highest BCUT2D eigenvalue weighted by molar-refractivity contribution is 5.94. The van der Waals surface area contributed by atoms with Crippen LogP contribution in [0.4, 0.5) is 0 Å². The second kappa shape index (κ2) is 9.03. The zero-order valence-corrected chi connectivity index (χ0v) is 16.6. The van der Waals surface area contributed by atoms with Crippen LogP contribution in [0, 0.1) is 0 Å². The number of pyridine rings is 1. The van der Waals surface area contributed by atoms with E-state index in [4.69, 9.17) is 4.74 Å². The average Bonchev–Trinajstić information content (AvgIpc) is 3.27. The normalized spacial score (nSPS) is 23.8. The highest BCUT2D eigenvalue weighted by atomic mass is 16.5. The van der Waals surface area contributed by atoms with Gasteiger partial charge < -0.3 is 14.5 Å². The molecular formula is C22H31N3O3. The maximum Gasteiger partial charge on any atom is 0.255 e. The zero-order chi connectivity index (χ0) is 19.3. The Morgan fingerprint density at radius 3 is 2.39 bits per heavy atom. The minimum Gasteiger partial charge on any atom is -0.378 e. The molecule has 152 valence electrons. The van der Waals surface area contributed by atoms with Crippen molar-refractivity contribution < 1.29 is 14.3 Å². The molecule has 0 radical (unpaired) electrons. The first-order valence-corrected chi connectivity index (χ1v) is 10.9. The van der Waals surface area contributed by atoms with Gasteiger partial charge in [0.05, 0.1) is 18.1 Å². The molecule has 0 aliphatic carbocycles. The number of likely N-dealkylation sites (tertiary alicyclic amines) is 2. The molecule has 0 spiro atoms. The summed E-state index contributed by atoms with van der Waals surface area (Å²) in [5.74, 6) is 0.694. The number of carbonyl (C=O) groups excluding carboxylic acids is 2. The van der Waals surface area contributed by atoms with Crippen molar-refractivity contribution in [3.05, 3.63) is 29.6 Å². The standard InChI is InChI=1S/C22H31N3O3/c26-21(15-19-5-4-14-28-19)24-12-8-17(9-13-24)20-7-6-18(16-23-20)22(27)25-10-2-1-3-11-25/h6-7,16-17,19H,1-5,8-15H2/t19-/m1/s1. The molecule has 4 rings (SSSR count). The molecule has 6 nitrogen and oxygen atoms in total. The highest BCUT2D eigenvalue weighted by Gasteiger charge is 2.28. The molecule has 3 fully saturated rings. The van der Waals surface area contributed by atoms with Gasteiger partial charge in [0.2, 0.25) is 5.91 Å². The van der Waals surface area contributed by atoms with E-state index >= 15 is 0 Å². The first-order valence-electron chi connectivity index (χ1n) is 10.9. The van der Waals surface area contributed by atoms with E-state index in [2.05, 4.69) is 4.98 Å². The SMILES string of the molecule is O=C(C[C@H]1CCCO1)N1CCC(c2ccc(C(=O)N3CCCCC3)cn2)CC1. The van der Waals surface area contributed by atoms with Gasteiger partial charge in [-0.05, 0) is 57.1 Å². The molecule has 0 unspecified atom stereocenters. The van der Waals surface area contributed by atoms with Crippen LogP contribution in [0.15, 0.2) is 18.3 Å². The highest BCUT2D eigenvalue weighted by Crippen LogP contribution is 2.28. The van der Waals surface area contributed by atoms with Crippen molar-refractivity contribution in [3.63, 3.8) is 0 Å². The number of carbonyl (C=O) groups is 2. The number of piperidine rings is 2. The molecule has 3 aliphatic heterocycles. The van der Waals surface area contributed by atoms with Crippen LogP contribution >= 0.6 is 0 Å². The van der Waals surface area contributed by atoms with Gasteiger partial charge in [-0.3, -0.25) is 14.6 Å². The topological polar surface area (TPSA) is 62.7 Å². The van der Waals surface area contributed by atoms with Crippen LogP contribution in [0.1, 0.15) is 73.3 Å². The van der Waals surface area contributed by atoms with Crippen LogP contribution in [0.3, 0.4) is 0 Å². The smallest absolute Gasteiger partial charge is 0.255 e. The molecule has 0 saturated carbocycles. The third-order valence-corrected chi connectivity index (χ3v) is 6.37. The predicted octanol–water partition coefficient (Wildman–Crippen LogP) is 2.98. The Bertz CT molecular complexity index is 671. The zero-order valence-electron chi connectivity index (χ0n) is 16.6. The molecule has 3 aliphatic rings. The van der Waals surface area contributed by atoms with Crippen LogP contribution in [0.25, 0.3) is 0 Å². The lowest BCUT2D eigenvalue weighted by atomic mass is 9.92. The summed E-state index contributed by atoms with van der Waals surface area (Å²) in [7, 11) is 0. The summed E-state index contributed by atoms with van der Waals surface area (Å²) in [6.45, 7) is 4.08. The fourth-order valence-corrected chi connectivity index (χ4v) is 4.61. The van der Waals surface area contributed by atoms with Gasteiger partial charge in [0.25, 0.3) is 5.91 Å². The molecule has 28 heavy (non-hydrogen) atoms. The summed E-state index contributed by atoms with van der Waals surface area (Å²) in [5.41, 5.74) is 1.73. The van der Waals surface area contributed by atoms with E-state index in [0.717, 1.165) is 77.0 Å². The summed E-state index contributed by atoms with van der Waals surface area (Å²) >= 11 is 0. The van der Waals surface area contributed by atoms with Gasteiger partial charge in [-0.25, -0.2) is 0 Å². The number of ether oxygens (including phenoxy) is 1. The Morgan fingerprint density at radius 2 is 1.75 bits per heavy atom. The number of aromatic nitrogens is 1. The molecule has 2 amide bonds. The number of hydrogen-bond donors (Lipinski definition) is 0. The Kier molecular flexibility index (Phi) is 6.25. The summed E-state index contributed by atoms with van der Waals surface area (Å²) in [5, 5.41) is 0. The van der Waals surface area contributed by atoms with E-state index in [1.165, 1.54) is 6.42 Å². The van der Waals surface area contributed by atoms with Crippen molar-refractivity contribution >= 4 is 11.8 Å². The molecule has 0 aromatic carbocycles. The van der Waals surface area contributed by atoms with Crippen LogP contribution in [-0.2, 0) is 9.53 Å². The lowest BCUT2D eigenvalue weighted by Gasteiger charge is -2.32. The number of rotatable bonds is 4. The molecule has 1 aromatic rings. The monoisotopic (exact) mass is 385 g/mol. The van der Waals surface area contributed by atoms with Crippen molar-refractivity contribution in [3.8, 4) is 0 Å². The molecule has 1 aromatic heterocycles. The Balaban J connectivity index is 1.28. The van der Waals surface area contributed by atoms with Gasteiger partial charge in [-0.15, -0.1) is 0 Å². The van der Waals surface area contributed by atoms with Crippen LogP contribution in [0.2, 0.25) is 0 Å². The fraction of sp³-hybridized carbons (Fsp3) is 0.682. The average molecular weight is 386 g/mol. The summed E-state index contributed by atoms with van der Waals surface area (Å²) in [6, 6.07) is 3.93. The van der Waals surface area contributed by atoms with Gasteiger partial charge >= 0.3 is 0 Å². The van der Waals surface area contributed by atoms with Gasteiger partial charge in [-0.2, -0.15) is 0 Å². The van der Waals surface area contributed by atoms with E-state index < -0.39 is 0 Å². The minimum atomic E-state index is 0.105. The third-order valence-electron chi connectivity index (χ3n) is 6.37. The number of nitrogens with zero attached hydrogens (tertiary/aromatic N) is 3. The molecule has 4 heterocycles. The lowest BCUT2D eigenvalue weighted by Crippen LogP contribution is -2.39. The first kappa shape index (κ1) is 19.4. The van der Waals surface area contributed by atoms with E-state index in [-0.39, 0.29) is 17.9 Å². The predicted molar refractivity (Wildman–Crippen MR) is 106 cm³/mol. The van der Waals surface area contributed by atoms with Crippen LogP contribution in [0.5, 0.6) is 0 Å². The maximum atomic E-state index is 12.6. The Morgan fingerprint density at radius 1 is 0.964 bits per heavy atom. The second-order valence-corrected chi connectivity index (χ2v) is 8.32. The van der Waals surface area contributed by atoms with Crippen molar-refractivity contribution in [1.29, 1.82) is 0 Å². The van der Waals surface area contributed by atoms with E-state index in [1.54, 1.807) is 6.20 Å². The van der Waals surface area contributed by atoms with Gasteiger partial charge in [0.1, 0.15) is 0 Å². The van der Waals surface area contributed by atoms with E-state index in [1.807, 2.05) is 21.9 Å². The van der Waals surface area contributed by atoms with Crippen molar-refractivity contribution in [2.75, 3.05) is 32.8 Å². The van der Waals surface area contributed by atoms with E-state index in [9.17, 15) is 9.59 Å². The van der Waals surface area contributed by atoms with Gasteiger partial charge in [0, 0.05) is 50.6 Å². The van der Waals surface area contributed by atoms with Crippen LogP contribution in [-0.4, -0.2) is 65.5 Å². The second-order valence-electron chi connectivity index (χ2n) is 8.32. The third kappa shape index (κ3) is 4.54. The summed E-state index contributed by atoms with van der Waals surface area (Å²) < 4.78 is 5.59. The first-order chi connectivity index (χ1) is 13.7. The summed E-state index contributed by atoms with van der Waals surface area (Å²) in [6.07, 6.45) is 9.75. The van der Waals surface area contributed by atoms with Crippen LogP contribution < -0.4 is 0 Å². The van der Waals surface area contributed by atoms with Crippen molar-refractivity contribution in [1.82, 2.24) is 14.8 Å². The fourth-order valence-electron chi connectivity index (χ4n) is 4.61. The molecule has 1 atom stereocenters. The van der Waals surface area contributed by atoms with E-state index in [0.29, 0.717) is 17.9 Å². The Hall–Kier alpha value is -1.95. The molecule has 0 N–H and O–H groups in total. The lowest BCUT2D eigenvalue weighted by molar-refractivity contribution is -0.134. The largest absolute Gasteiger partial charge is 0.378 e. The molecule has 3 saturated heterocycles. The Labute approximate surface area is 167 Å². The number of hydrogen-bond acceptors (Lipinski definition) is 4. The minimum absolute atomic E-state index is 0.105. The summed E-state index contributed by atoms with van der Waals surface area (Å²) in [4.78, 5) is 33.6. The molecule has 0 bridgehead atoms. The maximum absolute atomic E-state index is 12.6. The van der Waals surface area contributed by atoms with Crippen molar-refractivity contribution in [2.45, 2.75) is 63.4 Å². The van der Waals surface area contributed by atoms with Crippen molar-refractivity contribution in [2.24, 2.45) is 0 Å². The van der Waals surface area contributed by atoms with Gasteiger partial charge in [-0.1, -0.05) is 0 Å².